The quantitative estimate of drug-likeness (QED) is 0.786. The smallest absolute Gasteiger partial charge is 0.109 e. The molecule has 1 saturated heterocycles. The summed E-state index contributed by atoms with van der Waals surface area (Å²) in [4.78, 5) is 4.65. The summed E-state index contributed by atoms with van der Waals surface area (Å²) in [7, 11) is 0. The largest absolute Gasteiger partial charge is 0.332 e. The Kier molecular flexibility index (Phi) is 2.97. The molecular weight excluding hydrogens is 216 g/mol. The Bertz CT molecular complexity index is 366. The van der Waals surface area contributed by atoms with E-state index in [-0.39, 0.29) is 0 Å². The zero-order chi connectivity index (χ0) is 11.0. The van der Waals surface area contributed by atoms with Crippen LogP contribution in [-0.4, -0.2) is 21.1 Å². The molecule has 0 amide bonds. The summed E-state index contributed by atoms with van der Waals surface area (Å²) in [6.45, 7) is 3.56. The molecule has 3 rings (SSSR count). The highest BCUT2D eigenvalue weighted by Gasteiger charge is 2.22. The van der Waals surface area contributed by atoms with Gasteiger partial charge in [0.15, 0.2) is 0 Å². The number of nitrogens with zero attached hydrogens (tertiary/aromatic N) is 2. The predicted octanol–water partition coefficient (Wildman–Crippen LogP) is 2.76. The molecule has 88 valence electrons. The lowest BCUT2D eigenvalue weighted by Crippen LogP contribution is -2.20. The molecule has 0 aromatic carbocycles. The topological polar surface area (TPSA) is 17.8 Å². The number of aryl methyl sites for hydroxylation is 1. The molecule has 0 N–H and O–H groups in total. The third-order valence-electron chi connectivity index (χ3n) is 3.90. The van der Waals surface area contributed by atoms with Gasteiger partial charge in [0.25, 0.3) is 0 Å². The van der Waals surface area contributed by atoms with Gasteiger partial charge < -0.3 is 4.57 Å². The van der Waals surface area contributed by atoms with Crippen LogP contribution in [0.3, 0.4) is 0 Å². The summed E-state index contributed by atoms with van der Waals surface area (Å²) < 4.78 is 2.50. The van der Waals surface area contributed by atoms with Crippen LogP contribution in [-0.2, 0) is 19.4 Å². The van der Waals surface area contributed by atoms with Crippen molar-refractivity contribution >= 4 is 11.8 Å². The average molecular weight is 236 g/mol. The van der Waals surface area contributed by atoms with Gasteiger partial charge in [-0.25, -0.2) is 4.98 Å². The van der Waals surface area contributed by atoms with Crippen LogP contribution in [0, 0.1) is 11.8 Å². The van der Waals surface area contributed by atoms with Crippen molar-refractivity contribution in [3.63, 3.8) is 0 Å². The maximum atomic E-state index is 4.65. The minimum Gasteiger partial charge on any atom is -0.332 e. The number of hydrogen-bond donors (Lipinski definition) is 0. The molecule has 0 radical (unpaired) electrons. The fourth-order valence-electron chi connectivity index (χ4n) is 2.84. The Hall–Kier alpha value is -0.440. The van der Waals surface area contributed by atoms with E-state index < -0.39 is 0 Å². The monoisotopic (exact) mass is 236 g/mol. The predicted molar refractivity (Wildman–Crippen MR) is 68.8 cm³/mol. The second-order valence-corrected chi connectivity index (χ2v) is 6.50. The highest BCUT2D eigenvalue weighted by atomic mass is 32.2. The number of thioether (sulfide) groups is 1. The van der Waals surface area contributed by atoms with Crippen LogP contribution in [0.15, 0.2) is 6.20 Å². The summed E-state index contributed by atoms with van der Waals surface area (Å²) in [5.74, 6) is 5.77. The first-order valence-corrected chi connectivity index (χ1v) is 7.59. The summed E-state index contributed by atoms with van der Waals surface area (Å²) in [5, 5.41) is 0. The molecule has 1 aromatic heterocycles. The number of aromatic nitrogens is 2. The van der Waals surface area contributed by atoms with Gasteiger partial charge in [-0.3, -0.25) is 0 Å². The molecule has 0 spiro atoms. The van der Waals surface area contributed by atoms with Crippen molar-refractivity contribution in [3.05, 3.63) is 17.7 Å². The number of fused-ring (bicyclic) bond motifs is 1. The van der Waals surface area contributed by atoms with E-state index in [2.05, 4.69) is 34.4 Å². The third kappa shape index (κ3) is 2.02. The summed E-state index contributed by atoms with van der Waals surface area (Å²) in [5.41, 5.74) is 1.47. The zero-order valence-corrected chi connectivity index (χ0v) is 10.8. The van der Waals surface area contributed by atoms with Crippen LogP contribution >= 0.6 is 11.8 Å². The Labute approximate surface area is 102 Å². The van der Waals surface area contributed by atoms with E-state index in [1.54, 1.807) is 0 Å². The van der Waals surface area contributed by atoms with Crippen molar-refractivity contribution in [2.24, 2.45) is 11.8 Å². The van der Waals surface area contributed by atoms with Gasteiger partial charge in [0.1, 0.15) is 5.82 Å². The molecule has 2 aliphatic heterocycles. The zero-order valence-electron chi connectivity index (χ0n) is 9.98. The molecular formula is C13H20N2S. The molecule has 3 heterocycles. The second-order valence-electron chi connectivity index (χ2n) is 5.35. The molecule has 16 heavy (non-hydrogen) atoms. The van der Waals surface area contributed by atoms with E-state index in [0.717, 1.165) is 11.8 Å². The molecule has 2 nitrogen and oxygen atoms in total. The van der Waals surface area contributed by atoms with Crippen molar-refractivity contribution in [2.75, 3.05) is 11.5 Å². The van der Waals surface area contributed by atoms with E-state index in [0.29, 0.717) is 0 Å². The number of rotatable bonds is 2. The number of imidazole rings is 1. The second kappa shape index (κ2) is 4.44. The van der Waals surface area contributed by atoms with Crippen LogP contribution in [0.2, 0.25) is 0 Å². The fraction of sp³-hybridized carbons (Fsp3) is 0.769. The van der Waals surface area contributed by atoms with Gasteiger partial charge in [-0.15, -0.1) is 0 Å². The van der Waals surface area contributed by atoms with E-state index in [9.17, 15) is 0 Å². The fourth-order valence-corrected chi connectivity index (χ4v) is 4.12. The maximum Gasteiger partial charge on any atom is 0.109 e. The first-order valence-electron chi connectivity index (χ1n) is 6.44. The normalized spacial score (nSPS) is 29.3. The van der Waals surface area contributed by atoms with E-state index in [1.165, 1.54) is 55.3 Å². The van der Waals surface area contributed by atoms with E-state index in [1.807, 2.05) is 0 Å². The summed E-state index contributed by atoms with van der Waals surface area (Å²) in [6.07, 6.45) is 7.28. The van der Waals surface area contributed by atoms with Crippen LogP contribution in [0.25, 0.3) is 0 Å². The minimum atomic E-state index is 0.832. The van der Waals surface area contributed by atoms with Gasteiger partial charge in [-0.05, 0) is 42.6 Å². The number of hydrogen-bond acceptors (Lipinski definition) is 2. The van der Waals surface area contributed by atoms with E-state index in [4.69, 9.17) is 0 Å². The van der Waals surface area contributed by atoms with Gasteiger partial charge in [0, 0.05) is 24.9 Å². The summed E-state index contributed by atoms with van der Waals surface area (Å²) in [6, 6.07) is 0. The van der Waals surface area contributed by atoms with Crippen LogP contribution < -0.4 is 0 Å². The lowest BCUT2D eigenvalue weighted by atomic mass is 9.99. The van der Waals surface area contributed by atoms with Crippen LogP contribution in [0.4, 0.5) is 0 Å². The SMILES string of the molecule is CC1CCc2cnc(CC3CCSC3)n2C1. The molecule has 0 aliphatic carbocycles. The molecule has 2 atom stereocenters. The average Bonchev–Trinajstić information content (AvgIpc) is 2.90. The standard InChI is InChI=1S/C13H20N2S/c1-10-2-3-12-7-14-13(15(12)8-10)6-11-4-5-16-9-11/h7,10-11H,2-6,8-9H2,1H3. The third-order valence-corrected chi connectivity index (χ3v) is 5.14. The summed E-state index contributed by atoms with van der Waals surface area (Å²) >= 11 is 2.10. The molecule has 3 heteroatoms. The highest BCUT2D eigenvalue weighted by molar-refractivity contribution is 7.99. The van der Waals surface area contributed by atoms with Crippen molar-refractivity contribution in [3.8, 4) is 0 Å². The molecule has 0 saturated carbocycles. The Balaban J connectivity index is 1.77. The minimum absolute atomic E-state index is 0.832. The first-order chi connectivity index (χ1) is 7.83. The van der Waals surface area contributed by atoms with Gasteiger partial charge in [-0.1, -0.05) is 6.92 Å². The maximum absolute atomic E-state index is 4.65. The first kappa shape index (κ1) is 10.7. The Morgan fingerprint density at radius 1 is 1.50 bits per heavy atom. The Morgan fingerprint density at radius 3 is 3.25 bits per heavy atom. The molecule has 1 fully saturated rings. The van der Waals surface area contributed by atoms with Gasteiger partial charge in [-0.2, -0.15) is 11.8 Å². The molecule has 1 aromatic rings. The molecule has 2 aliphatic rings. The van der Waals surface area contributed by atoms with Gasteiger partial charge in [0.2, 0.25) is 0 Å². The lowest BCUT2D eigenvalue weighted by Gasteiger charge is -2.23. The van der Waals surface area contributed by atoms with E-state index >= 15 is 0 Å². The molecule has 0 bridgehead atoms. The van der Waals surface area contributed by atoms with Crippen molar-refractivity contribution in [1.82, 2.24) is 9.55 Å². The van der Waals surface area contributed by atoms with Crippen LogP contribution in [0.1, 0.15) is 31.3 Å². The van der Waals surface area contributed by atoms with Crippen molar-refractivity contribution in [2.45, 2.75) is 39.2 Å². The van der Waals surface area contributed by atoms with Gasteiger partial charge >= 0.3 is 0 Å². The lowest BCUT2D eigenvalue weighted by molar-refractivity contribution is 0.385. The van der Waals surface area contributed by atoms with Gasteiger partial charge in [0.05, 0.1) is 0 Å². The Morgan fingerprint density at radius 2 is 2.44 bits per heavy atom. The van der Waals surface area contributed by atoms with Crippen molar-refractivity contribution in [1.29, 1.82) is 0 Å². The van der Waals surface area contributed by atoms with Crippen LogP contribution in [0.5, 0.6) is 0 Å². The highest BCUT2D eigenvalue weighted by Crippen LogP contribution is 2.28. The van der Waals surface area contributed by atoms with Crippen molar-refractivity contribution < 1.29 is 0 Å². The molecule has 2 unspecified atom stereocenters.